The standard InChI is InChI=1S/C19H13Cl2IN2O4/c1-2-28-13-6-10(5-11(22)8-13)7-14-17(25)23-19(27)24(18(14)26)12-3-4-15(20)16(21)9-12/h3-9H,2H2,1H3,(H,23,25,27)/b14-7+. The van der Waals surface area contributed by atoms with Crippen LogP contribution in [-0.2, 0) is 9.59 Å². The number of ether oxygens (including phenoxy) is 1. The Morgan fingerprint density at radius 2 is 1.86 bits per heavy atom. The van der Waals surface area contributed by atoms with Crippen LogP contribution in [0.3, 0.4) is 0 Å². The van der Waals surface area contributed by atoms with Crippen LogP contribution in [0.15, 0.2) is 42.0 Å². The third kappa shape index (κ3) is 4.31. The van der Waals surface area contributed by atoms with Crippen LogP contribution in [0, 0.1) is 3.57 Å². The van der Waals surface area contributed by atoms with Crippen LogP contribution in [0.1, 0.15) is 12.5 Å². The van der Waals surface area contributed by atoms with Gasteiger partial charge in [-0.1, -0.05) is 23.2 Å². The van der Waals surface area contributed by atoms with E-state index in [4.69, 9.17) is 27.9 Å². The van der Waals surface area contributed by atoms with Crippen LogP contribution >= 0.6 is 45.8 Å². The molecule has 1 heterocycles. The van der Waals surface area contributed by atoms with Crippen molar-refractivity contribution in [1.82, 2.24) is 5.32 Å². The van der Waals surface area contributed by atoms with Gasteiger partial charge >= 0.3 is 6.03 Å². The maximum Gasteiger partial charge on any atom is 0.335 e. The van der Waals surface area contributed by atoms with Gasteiger partial charge in [-0.2, -0.15) is 0 Å². The molecule has 28 heavy (non-hydrogen) atoms. The van der Waals surface area contributed by atoms with Crippen molar-refractivity contribution in [2.24, 2.45) is 0 Å². The molecule has 2 aromatic carbocycles. The number of hydrogen-bond donors (Lipinski definition) is 1. The van der Waals surface area contributed by atoms with Gasteiger partial charge in [0.15, 0.2) is 0 Å². The van der Waals surface area contributed by atoms with Gasteiger partial charge in [-0.3, -0.25) is 14.9 Å². The normalized spacial score (nSPS) is 15.8. The second kappa shape index (κ2) is 8.50. The van der Waals surface area contributed by atoms with E-state index in [2.05, 4.69) is 27.9 Å². The Morgan fingerprint density at radius 3 is 2.54 bits per heavy atom. The number of urea groups is 1. The molecule has 0 bridgehead atoms. The maximum absolute atomic E-state index is 12.9. The fraction of sp³-hybridized carbons (Fsp3) is 0.105. The van der Waals surface area contributed by atoms with Gasteiger partial charge in [0, 0.05) is 3.57 Å². The van der Waals surface area contributed by atoms with Gasteiger partial charge in [0.1, 0.15) is 11.3 Å². The smallest absolute Gasteiger partial charge is 0.335 e. The highest BCUT2D eigenvalue weighted by Crippen LogP contribution is 2.30. The van der Waals surface area contributed by atoms with Crippen molar-refractivity contribution in [2.75, 3.05) is 11.5 Å². The molecular formula is C19H13Cl2IN2O4. The SMILES string of the molecule is CCOc1cc(I)cc(/C=C2\C(=O)NC(=O)N(c3ccc(Cl)c(Cl)c3)C2=O)c1. The third-order valence-corrected chi connectivity index (χ3v) is 5.14. The van der Waals surface area contributed by atoms with Crippen LogP contribution in [0.25, 0.3) is 6.08 Å². The molecule has 0 unspecified atom stereocenters. The minimum absolute atomic E-state index is 0.182. The Kier molecular flexibility index (Phi) is 6.26. The largest absolute Gasteiger partial charge is 0.494 e. The van der Waals surface area contributed by atoms with Gasteiger partial charge in [0.2, 0.25) is 0 Å². The molecule has 1 saturated heterocycles. The van der Waals surface area contributed by atoms with Gasteiger partial charge in [0.05, 0.1) is 22.3 Å². The summed E-state index contributed by atoms with van der Waals surface area (Å²) in [5, 5.41) is 2.63. The van der Waals surface area contributed by atoms with Gasteiger partial charge in [-0.15, -0.1) is 0 Å². The number of amides is 4. The number of nitrogens with zero attached hydrogens (tertiary/aromatic N) is 1. The van der Waals surface area contributed by atoms with E-state index in [1.165, 1.54) is 24.3 Å². The summed E-state index contributed by atoms with van der Waals surface area (Å²) in [4.78, 5) is 38.3. The van der Waals surface area contributed by atoms with Crippen LogP contribution in [0.2, 0.25) is 10.0 Å². The molecule has 1 N–H and O–H groups in total. The molecule has 1 aliphatic rings. The number of barbiturate groups is 1. The molecule has 1 aliphatic heterocycles. The van der Waals surface area contributed by atoms with E-state index in [0.29, 0.717) is 17.9 Å². The fourth-order valence-corrected chi connectivity index (χ4v) is 3.56. The van der Waals surface area contributed by atoms with Crippen molar-refractivity contribution in [3.8, 4) is 5.75 Å². The summed E-state index contributed by atoms with van der Waals surface area (Å²) in [6.45, 7) is 2.34. The summed E-state index contributed by atoms with van der Waals surface area (Å²) >= 11 is 14.0. The Labute approximate surface area is 184 Å². The van der Waals surface area contributed by atoms with Crippen LogP contribution in [0.4, 0.5) is 10.5 Å². The van der Waals surface area contributed by atoms with E-state index >= 15 is 0 Å². The molecule has 0 aliphatic carbocycles. The maximum atomic E-state index is 12.9. The van der Waals surface area contributed by atoms with Gasteiger partial charge in [0.25, 0.3) is 11.8 Å². The molecule has 2 aromatic rings. The average molecular weight is 531 g/mol. The number of nitrogens with one attached hydrogen (secondary N) is 1. The van der Waals surface area contributed by atoms with Crippen LogP contribution in [-0.4, -0.2) is 24.5 Å². The number of rotatable bonds is 4. The highest BCUT2D eigenvalue weighted by atomic mass is 127. The zero-order chi connectivity index (χ0) is 20.4. The predicted molar refractivity (Wildman–Crippen MR) is 116 cm³/mol. The number of carbonyl (C=O) groups excluding carboxylic acids is 3. The third-order valence-electron chi connectivity index (χ3n) is 3.78. The van der Waals surface area contributed by atoms with Crippen molar-refractivity contribution in [1.29, 1.82) is 0 Å². The van der Waals surface area contributed by atoms with Crippen molar-refractivity contribution in [2.45, 2.75) is 6.92 Å². The zero-order valence-corrected chi connectivity index (χ0v) is 18.1. The van der Waals surface area contributed by atoms with Crippen LogP contribution in [0.5, 0.6) is 5.75 Å². The first-order valence-electron chi connectivity index (χ1n) is 8.10. The lowest BCUT2D eigenvalue weighted by molar-refractivity contribution is -0.122. The molecule has 0 radical (unpaired) electrons. The van der Waals surface area contributed by atoms with Crippen LogP contribution < -0.4 is 15.0 Å². The molecule has 0 atom stereocenters. The van der Waals surface area contributed by atoms with Crippen molar-refractivity contribution in [3.63, 3.8) is 0 Å². The topological polar surface area (TPSA) is 75.7 Å². The van der Waals surface area contributed by atoms with E-state index in [1.807, 2.05) is 13.0 Å². The Balaban J connectivity index is 2.02. The van der Waals surface area contributed by atoms with Gasteiger partial charge in [-0.05, 0) is 77.6 Å². The Hall–Kier alpha value is -2.10. The first-order chi connectivity index (χ1) is 13.3. The minimum atomic E-state index is -0.858. The molecule has 1 fully saturated rings. The van der Waals surface area contributed by atoms with E-state index < -0.39 is 17.8 Å². The van der Waals surface area contributed by atoms with E-state index in [9.17, 15) is 14.4 Å². The number of hydrogen-bond acceptors (Lipinski definition) is 4. The number of carbonyl (C=O) groups is 3. The molecular weight excluding hydrogens is 518 g/mol. The molecule has 0 aromatic heterocycles. The first kappa shape index (κ1) is 20.6. The Bertz CT molecular complexity index is 1020. The fourth-order valence-electron chi connectivity index (χ4n) is 2.60. The number of halogens is 3. The van der Waals surface area contributed by atoms with E-state index in [-0.39, 0.29) is 21.3 Å². The van der Waals surface area contributed by atoms with Crippen molar-refractivity contribution >= 4 is 75.4 Å². The lowest BCUT2D eigenvalue weighted by Crippen LogP contribution is -2.54. The molecule has 144 valence electrons. The molecule has 0 spiro atoms. The minimum Gasteiger partial charge on any atom is -0.494 e. The molecule has 3 rings (SSSR count). The molecule has 0 saturated carbocycles. The lowest BCUT2D eigenvalue weighted by Gasteiger charge is -2.26. The summed E-state index contributed by atoms with van der Waals surface area (Å²) in [7, 11) is 0. The monoisotopic (exact) mass is 530 g/mol. The van der Waals surface area contributed by atoms with E-state index in [0.717, 1.165) is 8.47 Å². The summed E-state index contributed by atoms with van der Waals surface area (Å²) in [5.74, 6) is -0.922. The van der Waals surface area contributed by atoms with E-state index in [1.54, 1.807) is 12.1 Å². The quantitative estimate of drug-likeness (QED) is 0.354. The summed E-state index contributed by atoms with van der Waals surface area (Å²) in [6, 6.07) is 8.79. The van der Waals surface area contributed by atoms with Gasteiger partial charge < -0.3 is 4.74 Å². The number of imide groups is 2. The highest BCUT2D eigenvalue weighted by molar-refractivity contribution is 14.1. The number of anilines is 1. The molecule has 9 heteroatoms. The summed E-state index contributed by atoms with van der Waals surface area (Å²) in [5.41, 5.74) is 0.611. The number of benzene rings is 2. The zero-order valence-electron chi connectivity index (χ0n) is 14.5. The second-order valence-electron chi connectivity index (χ2n) is 5.71. The van der Waals surface area contributed by atoms with Crippen molar-refractivity contribution < 1.29 is 19.1 Å². The Morgan fingerprint density at radius 1 is 1.11 bits per heavy atom. The first-order valence-corrected chi connectivity index (χ1v) is 9.93. The highest BCUT2D eigenvalue weighted by Gasteiger charge is 2.37. The van der Waals surface area contributed by atoms with Gasteiger partial charge in [-0.25, -0.2) is 9.69 Å². The molecule has 6 nitrogen and oxygen atoms in total. The molecule has 4 amide bonds. The average Bonchev–Trinajstić information content (AvgIpc) is 2.61. The second-order valence-corrected chi connectivity index (χ2v) is 7.77. The lowest BCUT2D eigenvalue weighted by atomic mass is 10.1. The predicted octanol–water partition coefficient (Wildman–Crippen LogP) is 4.66. The summed E-state index contributed by atoms with van der Waals surface area (Å²) in [6.07, 6.45) is 1.42. The van der Waals surface area contributed by atoms with Crippen molar-refractivity contribution in [3.05, 3.63) is 61.2 Å². The summed E-state index contributed by atoms with van der Waals surface area (Å²) < 4.78 is 6.36.